The summed E-state index contributed by atoms with van der Waals surface area (Å²) in [5.41, 5.74) is 0.784. The normalized spacial score (nSPS) is 23.3. The maximum absolute atomic E-state index is 12.8. The van der Waals surface area contributed by atoms with Crippen molar-refractivity contribution in [3.63, 3.8) is 0 Å². The second-order valence-corrected chi connectivity index (χ2v) is 8.45. The SMILES string of the molecule is O=C(OC[C@H]1O[C@H](O)[C@@H](OC(=O)c2ccccc2)[C@@H](OC(=O)c2ccccc2)[C@@H]1Cl)c1ccccc1. The molecule has 3 aromatic carbocycles. The van der Waals surface area contributed by atoms with Gasteiger partial charge in [0, 0.05) is 0 Å². The van der Waals surface area contributed by atoms with Gasteiger partial charge in [0.1, 0.15) is 18.1 Å². The molecule has 0 unspecified atom stereocenters. The molecule has 5 atom stereocenters. The first-order valence-electron chi connectivity index (χ1n) is 11.2. The van der Waals surface area contributed by atoms with E-state index >= 15 is 0 Å². The van der Waals surface area contributed by atoms with E-state index in [-0.39, 0.29) is 17.7 Å². The second-order valence-electron chi connectivity index (χ2n) is 7.95. The van der Waals surface area contributed by atoms with E-state index in [1.54, 1.807) is 78.9 Å². The maximum atomic E-state index is 12.8. The molecule has 9 heteroatoms. The van der Waals surface area contributed by atoms with Gasteiger partial charge < -0.3 is 24.1 Å². The summed E-state index contributed by atoms with van der Waals surface area (Å²) < 4.78 is 21.9. The predicted octanol–water partition coefficient (Wildman–Crippen LogP) is 3.62. The Morgan fingerprint density at radius 3 is 1.58 bits per heavy atom. The Morgan fingerprint density at radius 1 is 0.694 bits per heavy atom. The minimum atomic E-state index is -1.71. The van der Waals surface area contributed by atoms with Gasteiger partial charge >= 0.3 is 17.9 Å². The van der Waals surface area contributed by atoms with E-state index in [4.69, 9.17) is 30.5 Å². The fourth-order valence-corrected chi connectivity index (χ4v) is 3.95. The van der Waals surface area contributed by atoms with Crippen LogP contribution in [0.4, 0.5) is 0 Å². The number of ether oxygens (including phenoxy) is 4. The number of carbonyl (C=O) groups excluding carboxylic acids is 3. The fourth-order valence-electron chi connectivity index (χ4n) is 3.62. The van der Waals surface area contributed by atoms with E-state index in [9.17, 15) is 19.5 Å². The van der Waals surface area contributed by atoms with Crippen LogP contribution in [0.2, 0.25) is 0 Å². The Labute approximate surface area is 212 Å². The van der Waals surface area contributed by atoms with Gasteiger partial charge in [0.2, 0.25) is 0 Å². The van der Waals surface area contributed by atoms with Crippen molar-refractivity contribution in [1.82, 2.24) is 0 Å². The van der Waals surface area contributed by atoms with Crippen LogP contribution in [0.5, 0.6) is 0 Å². The molecular weight excluding hydrogens is 488 g/mol. The van der Waals surface area contributed by atoms with Crippen molar-refractivity contribution in [1.29, 1.82) is 0 Å². The number of alkyl halides is 1. The van der Waals surface area contributed by atoms with Gasteiger partial charge in [0.05, 0.1) is 16.7 Å². The molecule has 1 aliphatic rings. The van der Waals surface area contributed by atoms with Crippen molar-refractivity contribution in [3.05, 3.63) is 108 Å². The third kappa shape index (κ3) is 6.09. The summed E-state index contributed by atoms with van der Waals surface area (Å²) in [5.74, 6) is -2.11. The largest absolute Gasteiger partial charge is 0.459 e. The maximum Gasteiger partial charge on any atom is 0.338 e. The smallest absolute Gasteiger partial charge is 0.338 e. The lowest BCUT2D eigenvalue weighted by molar-refractivity contribution is -0.248. The number of benzene rings is 3. The van der Waals surface area contributed by atoms with Gasteiger partial charge in [-0.1, -0.05) is 54.6 Å². The summed E-state index contributed by atoms with van der Waals surface area (Å²) in [6.07, 6.45) is -5.51. The summed E-state index contributed by atoms with van der Waals surface area (Å²) in [6.45, 7) is -0.336. The molecule has 0 radical (unpaired) electrons. The monoisotopic (exact) mass is 510 g/mol. The Kier molecular flexibility index (Phi) is 8.32. The van der Waals surface area contributed by atoms with Crippen LogP contribution in [-0.2, 0) is 18.9 Å². The first kappa shape index (κ1) is 25.4. The summed E-state index contributed by atoms with van der Waals surface area (Å²) in [4.78, 5) is 37.8. The standard InChI is InChI=1S/C27H23ClO8/c28-21-20(16-33-24(29)17-10-4-1-5-11-17)34-27(32)23(36-26(31)19-14-8-3-9-15-19)22(21)35-25(30)18-12-6-2-7-13-18/h1-15,20-23,27,32H,16H2/t20-,21-,22+,23+,27+/m1/s1. The molecule has 3 aromatic rings. The average Bonchev–Trinajstić information content (AvgIpc) is 2.92. The van der Waals surface area contributed by atoms with Gasteiger partial charge in [0.25, 0.3) is 0 Å². The highest BCUT2D eigenvalue weighted by Gasteiger charge is 2.49. The van der Waals surface area contributed by atoms with Crippen LogP contribution in [0.25, 0.3) is 0 Å². The molecule has 1 aliphatic heterocycles. The van der Waals surface area contributed by atoms with E-state index in [0.717, 1.165) is 0 Å². The van der Waals surface area contributed by atoms with Crippen LogP contribution in [0, 0.1) is 0 Å². The Balaban J connectivity index is 1.52. The number of halogens is 1. The zero-order chi connectivity index (χ0) is 25.5. The van der Waals surface area contributed by atoms with Gasteiger partial charge in [-0.05, 0) is 36.4 Å². The molecule has 0 spiro atoms. The van der Waals surface area contributed by atoms with E-state index in [1.165, 1.54) is 12.1 Å². The first-order chi connectivity index (χ1) is 17.4. The molecule has 4 rings (SSSR count). The predicted molar refractivity (Wildman–Crippen MR) is 129 cm³/mol. The quantitative estimate of drug-likeness (QED) is 0.292. The number of hydrogen-bond acceptors (Lipinski definition) is 8. The van der Waals surface area contributed by atoms with Crippen LogP contribution in [0.15, 0.2) is 91.0 Å². The zero-order valence-corrected chi connectivity index (χ0v) is 19.7. The third-order valence-electron chi connectivity index (χ3n) is 5.48. The first-order valence-corrected chi connectivity index (χ1v) is 11.6. The topological polar surface area (TPSA) is 108 Å². The van der Waals surface area contributed by atoms with Crippen molar-refractivity contribution in [2.24, 2.45) is 0 Å². The Bertz CT molecular complexity index is 1170. The van der Waals surface area contributed by atoms with Crippen molar-refractivity contribution in [3.8, 4) is 0 Å². The lowest BCUT2D eigenvalue weighted by Crippen LogP contribution is -2.59. The van der Waals surface area contributed by atoms with E-state index in [2.05, 4.69) is 0 Å². The van der Waals surface area contributed by atoms with Crippen molar-refractivity contribution >= 4 is 29.5 Å². The molecule has 36 heavy (non-hydrogen) atoms. The summed E-state index contributed by atoms with van der Waals surface area (Å²) >= 11 is 6.60. The highest BCUT2D eigenvalue weighted by molar-refractivity contribution is 6.21. The highest BCUT2D eigenvalue weighted by Crippen LogP contribution is 2.30. The average molecular weight is 511 g/mol. The van der Waals surface area contributed by atoms with Gasteiger partial charge in [-0.15, -0.1) is 11.6 Å². The minimum absolute atomic E-state index is 0.225. The molecule has 0 aromatic heterocycles. The van der Waals surface area contributed by atoms with Gasteiger partial charge in [-0.25, -0.2) is 14.4 Å². The summed E-state index contributed by atoms with van der Waals surface area (Å²) in [5, 5.41) is 9.57. The van der Waals surface area contributed by atoms with Gasteiger partial charge in [-0.3, -0.25) is 0 Å². The van der Waals surface area contributed by atoms with E-state index < -0.39 is 47.9 Å². The molecule has 1 heterocycles. The molecule has 186 valence electrons. The summed E-state index contributed by atoms with van der Waals surface area (Å²) in [7, 11) is 0. The van der Waals surface area contributed by atoms with E-state index in [0.29, 0.717) is 5.56 Å². The minimum Gasteiger partial charge on any atom is -0.459 e. The Hall–Kier alpha value is -3.72. The van der Waals surface area contributed by atoms with Crippen molar-refractivity contribution < 1.29 is 38.4 Å². The fraction of sp³-hybridized carbons (Fsp3) is 0.222. The molecule has 8 nitrogen and oxygen atoms in total. The van der Waals surface area contributed by atoms with Crippen LogP contribution in [0.1, 0.15) is 31.1 Å². The lowest BCUT2D eigenvalue weighted by Gasteiger charge is -2.41. The van der Waals surface area contributed by atoms with Crippen LogP contribution in [0.3, 0.4) is 0 Å². The number of rotatable bonds is 7. The molecule has 0 saturated carbocycles. The number of aliphatic hydroxyl groups is 1. The number of hydrogen-bond donors (Lipinski definition) is 1. The summed E-state index contributed by atoms with van der Waals surface area (Å²) in [6, 6.07) is 24.6. The van der Waals surface area contributed by atoms with Crippen molar-refractivity contribution in [2.75, 3.05) is 6.61 Å². The molecular formula is C27H23ClO8. The van der Waals surface area contributed by atoms with Gasteiger partial charge in [-0.2, -0.15) is 0 Å². The second kappa shape index (κ2) is 11.8. The lowest BCUT2D eigenvalue weighted by atomic mass is 10.0. The molecule has 0 aliphatic carbocycles. The van der Waals surface area contributed by atoms with Crippen molar-refractivity contribution in [2.45, 2.75) is 30.0 Å². The molecule has 0 amide bonds. The highest BCUT2D eigenvalue weighted by atomic mass is 35.5. The molecule has 1 N–H and O–H groups in total. The Morgan fingerprint density at radius 2 is 1.11 bits per heavy atom. The van der Waals surface area contributed by atoms with Crippen LogP contribution < -0.4 is 0 Å². The molecule has 0 bridgehead atoms. The molecule has 1 saturated heterocycles. The number of aliphatic hydroxyl groups excluding tert-OH is 1. The van der Waals surface area contributed by atoms with Crippen LogP contribution >= 0.6 is 11.6 Å². The van der Waals surface area contributed by atoms with E-state index in [1.807, 2.05) is 0 Å². The number of esters is 3. The zero-order valence-electron chi connectivity index (χ0n) is 18.9. The third-order valence-corrected chi connectivity index (χ3v) is 6.01. The van der Waals surface area contributed by atoms with Crippen LogP contribution in [-0.4, -0.2) is 59.6 Å². The molecule has 1 fully saturated rings. The number of carbonyl (C=O) groups is 3. The van der Waals surface area contributed by atoms with Gasteiger partial charge in [0.15, 0.2) is 18.5 Å².